The number of allylic oxidation sites excluding steroid dienone is 33. The number of phosphoric ester groups is 2. The number of phosphoric acid groups is 2. The number of unbranched alkanes of at least 4 members (excludes halogenated alkanes) is 12. The van der Waals surface area contributed by atoms with Gasteiger partial charge in [0.05, 0.1) is 32.8 Å². The molecule has 3 N–H and O–H groups in total. The molecule has 0 aliphatic rings. The Morgan fingerprint density at radius 1 is 0.283 bits per heavy atom. The van der Waals surface area contributed by atoms with Gasteiger partial charge in [-0.15, -0.1) is 0 Å². The molecule has 5 unspecified atom stereocenters. The fourth-order valence-electron chi connectivity index (χ4n) is 9.40. The summed E-state index contributed by atoms with van der Waals surface area (Å²) in [5.74, 6) is -2.49. The van der Waals surface area contributed by atoms with Crippen LogP contribution < -0.4 is 0 Å². The van der Waals surface area contributed by atoms with E-state index in [4.69, 9.17) is 37.0 Å². The lowest BCUT2D eigenvalue weighted by atomic mass is 10.1. The summed E-state index contributed by atoms with van der Waals surface area (Å²) in [6.45, 7) is 4.22. The molecule has 0 amide bonds. The Hall–Kier alpha value is -6.36. The van der Waals surface area contributed by atoms with Crippen LogP contribution in [0.3, 0.4) is 0 Å². The highest BCUT2D eigenvalue weighted by atomic mass is 31.2. The van der Waals surface area contributed by atoms with E-state index in [1.165, 1.54) is 19.3 Å². The minimum atomic E-state index is -5.02. The maximum absolute atomic E-state index is 13.1. The topological polar surface area (TPSA) is 237 Å². The molecular formula is C87H136O17P2. The van der Waals surface area contributed by atoms with Crippen LogP contribution in [0, 0.1) is 0 Å². The largest absolute Gasteiger partial charge is 0.472 e. The van der Waals surface area contributed by atoms with Gasteiger partial charge in [0.25, 0.3) is 0 Å². The van der Waals surface area contributed by atoms with Gasteiger partial charge in [0.15, 0.2) is 12.2 Å². The van der Waals surface area contributed by atoms with E-state index in [9.17, 15) is 43.2 Å². The number of carbonyl (C=O) groups is 4. The maximum Gasteiger partial charge on any atom is 0.472 e. The normalized spacial score (nSPS) is 15.0. The third-order valence-corrected chi connectivity index (χ3v) is 17.2. The number of ether oxygens (including phenoxy) is 4. The SMILES string of the molecule is CC/C=C\C/C=C\C/C=C\C/C=C\C/C=C\C/C=C\CCC(=O)OCC(COP(=O)(O)OCC(O)COP(=O)(O)OCC(COC(=O)C/C=C\C/C=C\C/C=C\C/C=C\C/C=C\CC)OC(=O)CCCCCCC/C=C\C/C=C\CCCCC)OC(=O)CCCCCC/C=C\C/C=C\C/C=C\C/C=C\CC. The summed E-state index contributed by atoms with van der Waals surface area (Å²) in [5.41, 5.74) is 0. The van der Waals surface area contributed by atoms with Crippen molar-refractivity contribution in [3.8, 4) is 0 Å². The van der Waals surface area contributed by atoms with Crippen molar-refractivity contribution in [1.29, 1.82) is 0 Å². The molecule has 0 bridgehead atoms. The van der Waals surface area contributed by atoms with Crippen molar-refractivity contribution in [3.63, 3.8) is 0 Å². The molecule has 5 atom stereocenters. The third kappa shape index (κ3) is 75.9. The van der Waals surface area contributed by atoms with Gasteiger partial charge in [-0.05, 0) is 161 Å². The summed E-state index contributed by atoms with van der Waals surface area (Å²) in [4.78, 5) is 72.9. The van der Waals surface area contributed by atoms with Gasteiger partial charge in [-0.2, -0.15) is 0 Å². The van der Waals surface area contributed by atoms with E-state index >= 15 is 0 Å². The summed E-state index contributed by atoms with van der Waals surface area (Å²) in [5, 5.41) is 10.6. The molecule has 0 saturated heterocycles. The smallest absolute Gasteiger partial charge is 0.462 e. The van der Waals surface area contributed by atoms with E-state index in [1.807, 2.05) is 36.5 Å². The number of aliphatic hydroxyl groups is 1. The molecule has 19 heteroatoms. The minimum Gasteiger partial charge on any atom is -0.462 e. The first kappa shape index (κ1) is 99.6. The van der Waals surface area contributed by atoms with Crippen molar-refractivity contribution in [2.24, 2.45) is 0 Å². The Bertz CT molecular complexity index is 2830. The van der Waals surface area contributed by atoms with Crippen molar-refractivity contribution in [2.75, 3.05) is 39.6 Å². The highest BCUT2D eigenvalue weighted by Crippen LogP contribution is 2.45. The lowest BCUT2D eigenvalue weighted by Crippen LogP contribution is -2.30. The van der Waals surface area contributed by atoms with Gasteiger partial charge in [0, 0.05) is 19.3 Å². The molecule has 0 spiro atoms. The first-order valence-electron chi connectivity index (χ1n) is 39.3. The molecule has 0 fully saturated rings. The van der Waals surface area contributed by atoms with E-state index in [2.05, 4.69) is 192 Å². The maximum atomic E-state index is 13.1. The van der Waals surface area contributed by atoms with E-state index < -0.39 is 97.5 Å². The van der Waals surface area contributed by atoms with Gasteiger partial charge in [0.2, 0.25) is 0 Å². The van der Waals surface area contributed by atoms with E-state index in [1.54, 1.807) is 6.08 Å². The van der Waals surface area contributed by atoms with E-state index in [0.29, 0.717) is 32.1 Å². The molecule has 0 heterocycles. The molecule has 0 aliphatic carbocycles. The van der Waals surface area contributed by atoms with Crippen LogP contribution in [0.15, 0.2) is 207 Å². The fraction of sp³-hybridized carbons (Fsp3) is 0.563. The Balaban J connectivity index is 5.56. The molecule has 596 valence electrons. The number of rotatable bonds is 71. The van der Waals surface area contributed by atoms with Crippen molar-refractivity contribution in [1.82, 2.24) is 0 Å². The zero-order valence-electron chi connectivity index (χ0n) is 65.0. The van der Waals surface area contributed by atoms with E-state index in [-0.39, 0.29) is 25.7 Å². The van der Waals surface area contributed by atoms with Crippen LogP contribution in [-0.4, -0.2) is 96.7 Å². The highest BCUT2D eigenvalue weighted by Gasteiger charge is 2.30. The third-order valence-electron chi connectivity index (χ3n) is 15.3. The Labute approximate surface area is 639 Å². The average molecular weight is 1520 g/mol. The van der Waals surface area contributed by atoms with Crippen molar-refractivity contribution in [2.45, 2.75) is 277 Å². The Morgan fingerprint density at radius 2 is 0.547 bits per heavy atom. The van der Waals surface area contributed by atoms with Crippen LogP contribution in [0.2, 0.25) is 0 Å². The molecule has 0 saturated carbocycles. The van der Waals surface area contributed by atoms with Gasteiger partial charge in [-0.25, -0.2) is 9.13 Å². The molecule has 0 rings (SSSR count). The summed E-state index contributed by atoms with van der Waals surface area (Å²) < 4.78 is 68.3. The van der Waals surface area contributed by atoms with Crippen LogP contribution >= 0.6 is 15.6 Å². The van der Waals surface area contributed by atoms with Crippen LogP contribution in [-0.2, 0) is 65.4 Å². The van der Waals surface area contributed by atoms with Crippen LogP contribution in [0.4, 0.5) is 0 Å². The van der Waals surface area contributed by atoms with Crippen molar-refractivity contribution in [3.05, 3.63) is 207 Å². The van der Waals surface area contributed by atoms with Gasteiger partial charge in [-0.1, -0.05) is 279 Å². The number of carbonyl (C=O) groups excluding carboxylic acids is 4. The predicted octanol–water partition coefficient (Wildman–Crippen LogP) is 23.1. The van der Waals surface area contributed by atoms with Gasteiger partial charge >= 0.3 is 39.5 Å². The van der Waals surface area contributed by atoms with Crippen LogP contribution in [0.25, 0.3) is 0 Å². The number of esters is 4. The standard InChI is InChI=1S/C87H136O17P2/c1-5-9-13-17-21-25-29-33-37-39-40-42-45-48-52-56-60-64-68-72-85(90)98-78-83(104-87(92)74-70-66-62-58-54-50-46-41-38-34-30-26-22-18-14-10-6-2)80-102-106(95,96)100-76-81(88)75-99-105(93,94)101-79-82(103-86(91)73-69-65-61-57-53-49-44-36-32-28-24-20-16-12-8-4)77-97-84(89)71-67-63-59-55-51-47-43-35-31-27-23-19-15-11-7-3/h9-11,13-15,21-28,33-38,40,42-44,46,48,50-52,55,60,63-64,67,81-83,88H,5-8,12,16-20,29-32,39,41,45,47,49,53-54,56-59,61-62,65-66,68-80H2,1-4H3,(H,93,94)(H,95,96)/b13-9-,14-10-,15-11-,25-21-,26-22-,27-23-,28-24-,37-33-,38-34-,42-40-,43-35-,44-36-,50-46-,52-48-,55-51-,64-60-,67-63-. The number of hydrogen-bond donors (Lipinski definition) is 3. The fourth-order valence-corrected chi connectivity index (χ4v) is 11.0. The second kappa shape index (κ2) is 76.8. The Morgan fingerprint density at radius 3 is 0.877 bits per heavy atom. The predicted molar refractivity (Wildman–Crippen MR) is 435 cm³/mol. The zero-order chi connectivity index (χ0) is 77.4. The van der Waals surface area contributed by atoms with Gasteiger partial charge in [-0.3, -0.25) is 37.3 Å². The second-order valence-corrected chi connectivity index (χ2v) is 28.1. The van der Waals surface area contributed by atoms with Crippen LogP contribution in [0.5, 0.6) is 0 Å². The summed E-state index contributed by atoms with van der Waals surface area (Å²) >= 11 is 0. The first-order valence-corrected chi connectivity index (χ1v) is 42.3. The monoisotopic (exact) mass is 1510 g/mol. The van der Waals surface area contributed by atoms with Crippen LogP contribution in [0.1, 0.15) is 259 Å². The summed E-state index contributed by atoms with van der Waals surface area (Å²) in [6.07, 6.45) is 95.7. The summed E-state index contributed by atoms with van der Waals surface area (Å²) in [7, 11) is -10.0. The number of aliphatic hydroxyl groups excluding tert-OH is 1. The minimum absolute atomic E-state index is 0.0195. The summed E-state index contributed by atoms with van der Waals surface area (Å²) in [6, 6.07) is 0. The lowest BCUT2D eigenvalue weighted by Gasteiger charge is -2.21. The Kier molecular flexibility index (Phi) is 72.2. The highest BCUT2D eigenvalue weighted by molar-refractivity contribution is 7.47. The van der Waals surface area contributed by atoms with E-state index in [0.717, 1.165) is 154 Å². The lowest BCUT2D eigenvalue weighted by molar-refractivity contribution is -0.161. The molecule has 17 nitrogen and oxygen atoms in total. The quantitative estimate of drug-likeness (QED) is 0.0169. The molecule has 0 aromatic rings. The molecule has 0 aliphatic heterocycles. The first-order chi connectivity index (χ1) is 51.7. The number of hydrogen-bond acceptors (Lipinski definition) is 15. The molecule has 0 aromatic carbocycles. The molecule has 0 aromatic heterocycles. The molecular weight excluding hydrogens is 1380 g/mol. The van der Waals surface area contributed by atoms with Gasteiger partial charge in [0.1, 0.15) is 19.3 Å². The van der Waals surface area contributed by atoms with Crippen molar-refractivity contribution < 1.29 is 80.2 Å². The second-order valence-electron chi connectivity index (χ2n) is 25.2. The zero-order valence-corrected chi connectivity index (χ0v) is 66.8. The van der Waals surface area contributed by atoms with Gasteiger partial charge < -0.3 is 33.8 Å². The molecule has 106 heavy (non-hydrogen) atoms. The average Bonchev–Trinajstić information content (AvgIpc) is 0.902. The molecule has 0 radical (unpaired) electrons. The van der Waals surface area contributed by atoms with Crippen molar-refractivity contribution >= 4 is 39.5 Å².